The molecule has 0 bridgehead atoms. The van der Waals surface area contributed by atoms with Crippen LogP contribution < -0.4 is 21.0 Å². The van der Waals surface area contributed by atoms with E-state index in [2.05, 4.69) is 5.32 Å². The van der Waals surface area contributed by atoms with Gasteiger partial charge in [0, 0.05) is 24.5 Å². The molecule has 14 nitrogen and oxygen atoms in total. The van der Waals surface area contributed by atoms with Crippen molar-refractivity contribution in [1.29, 1.82) is 0 Å². The molecule has 0 aromatic heterocycles. The summed E-state index contributed by atoms with van der Waals surface area (Å²) >= 11 is 0. The Bertz CT molecular complexity index is 1790. The van der Waals surface area contributed by atoms with Gasteiger partial charge in [0.15, 0.2) is 6.29 Å². The van der Waals surface area contributed by atoms with Crippen molar-refractivity contribution in [3.63, 3.8) is 0 Å². The third-order valence-corrected chi connectivity index (χ3v) is 11.3. The van der Waals surface area contributed by atoms with Crippen molar-refractivity contribution in [3.05, 3.63) is 78.4 Å². The van der Waals surface area contributed by atoms with Gasteiger partial charge in [-0.1, -0.05) is 26.0 Å². The molecule has 2 fully saturated rings. The van der Waals surface area contributed by atoms with E-state index in [1.165, 1.54) is 65.0 Å². The van der Waals surface area contributed by atoms with E-state index in [9.17, 15) is 26.7 Å². The quantitative estimate of drug-likeness (QED) is 0.140. The Balaban J connectivity index is 1.34. The summed E-state index contributed by atoms with van der Waals surface area (Å²) in [6.45, 7) is 4.11. The van der Waals surface area contributed by atoms with Crippen molar-refractivity contribution < 1.29 is 45.1 Å². The standard InChI is InChI=1S/C33H42N4O10S2/c1-21(2)18-37(48(40,41)26-11-5-23(34)6-12-26)19-30(38)29(36-33(39)46-31-20-45-32-28(31)15-16-44-32)17-22-3-9-25(10-4-22)47-49(42,43)27-13-7-24(35)8-14-27/h3-14,21,28-32,38H,15-20,34-35H2,1-2H3,(H,36,39). The number of nitrogens with two attached hydrogens (primary N) is 2. The van der Waals surface area contributed by atoms with Crippen LogP contribution >= 0.6 is 0 Å². The number of rotatable bonds is 14. The van der Waals surface area contributed by atoms with Gasteiger partial charge < -0.3 is 40.3 Å². The van der Waals surface area contributed by atoms with E-state index in [-0.39, 0.29) is 53.5 Å². The first-order valence-electron chi connectivity index (χ1n) is 15.8. The number of fused-ring (bicyclic) bond motifs is 1. The topological polar surface area (TPSA) is 210 Å². The summed E-state index contributed by atoms with van der Waals surface area (Å²) in [5, 5.41) is 14.3. The second-order valence-electron chi connectivity index (χ2n) is 12.5. The van der Waals surface area contributed by atoms with Crippen LogP contribution in [-0.2, 0) is 40.8 Å². The first kappa shape index (κ1) is 36.4. The second kappa shape index (κ2) is 15.3. The summed E-state index contributed by atoms with van der Waals surface area (Å²) in [5.74, 6) is -0.164. The van der Waals surface area contributed by atoms with Crippen LogP contribution in [0.5, 0.6) is 5.75 Å². The normalized spacial score (nSPS) is 20.6. The zero-order chi connectivity index (χ0) is 35.3. The molecule has 5 atom stereocenters. The molecule has 0 radical (unpaired) electrons. The van der Waals surface area contributed by atoms with Gasteiger partial charge >= 0.3 is 16.2 Å². The molecular weight excluding hydrogens is 677 g/mol. The van der Waals surface area contributed by atoms with Gasteiger partial charge in [-0.05, 0) is 85.0 Å². The highest BCUT2D eigenvalue weighted by Crippen LogP contribution is 2.33. The van der Waals surface area contributed by atoms with Gasteiger partial charge in [-0.3, -0.25) is 0 Å². The molecule has 49 heavy (non-hydrogen) atoms. The third-order valence-electron chi connectivity index (χ3n) is 8.24. The predicted octanol–water partition coefficient (Wildman–Crippen LogP) is 2.73. The largest absolute Gasteiger partial charge is 0.443 e. The zero-order valence-corrected chi connectivity index (χ0v) is 28.8. The summed E-state index contributed by atoms with van der Waals surface area (Å²) in [6.07, 6.45) is -2.48. The van der Waals surface area contributed by atoms with Crippen LogP contribution in [0.2, 0.25) is 0 Å². The highest BCUT2D eigenvalue weighted by atomic mass is 32.2. The molecule has 5 rings (SSSR count). The molecule has 0 saturated carbocycles. The minimum Gasteiger partial charge on any atom is -0.443 e. The average Bonchev–Trinajstić information content (AvgIpc) is 3.66. The number of aliphatic hydroxyl groups is 1. The molecule has 3 aromatic rings. The zero-order valence-electron chi connectivity index (χ0n) is 27.2. The minimum atomic E-state index is -4.13. The lowest BCUT2D eigenvalue weighted by Gasteiger charge is -2.31. The van der Waals surface area contributed by atoms with E-state index in [1.807, 2.05) is 13.8 Å². The number of nitrogens with one attached hydrogen (secondary N) is 1. The third kappa shape index (κ3) is 9.20. The lowest BCUT2D eigenvalue weighted by atomic mass is 10.0. The Labute approximate surface area is 286 Å². The fourth-order valence-electron chi connectivity index (χ4n) is 5.70. The molecule has 0 aliphatic carbocycles. The number of ether oxygens (including phenoxy) is 3. The maximum Gasteiger partial charge on any atom is 0.407 e. The molecule has 2 aliphatic rings. The number of carbonyl (C=O) groups excluding carboxylic acids is 1. The number of anilines is 2. The maximum atomic E-state index is 13.7. The number of hydrogen-bond acceptors (Lipinski definition) is 12. The Kier molecular flexibility index (Phi) is 11.4. The fraction of sp³-hybridized carbons (Fsp3) is 0.424. The maximum absolute atomic E-state index is 13.7. The molecule has 266 valence electrons. The van der Waals surface area contributed by atoms with E-state index < -0.39 is 50.8 Å². The lowest BCUT2D eigenvalue weighted by Crippen LogP contribution is -2.51. The molecule has 2 heterocycles. The van der Waals surface area contributed by atoms with Crippen molar-refractivity contribution in [2.24, 2.45) is 11.8 Å². The molecule has 3 aromatic carbocycles. The summed E-state index contributed by atoms with van der Waals surface area (Å²) in [6, 6.07) is 16.4. The van der Waals surface area contributed by atoms with Crippen molar-refractivity contribution in [2.75, 3.05) is 37.8 Å². The number of carbonyl (C=O) groups is 1. The summed E-state index contributed by atoms with van der Waals surface area (Å²) in [4.78, 5) is 13.1. The number of hydrogen-bond donors (Lipinski definition) is 4. The van der Waals surface area contributed by atoms with Crippen LogP contribution in [0.25, 0.3) is 0 Å². The first-order chi connectivity index (χ1) is 23.2. The Morgan fingerprint density at radius 1 is 0.918 bits per heavy atom. The molecule has 6 N–H and O–H groups in total. The van der Waals surface area contributed by atoms with E-state index in [0.29, 0.717) is 30.0 Å². The molecule has 2 aliphatic heterocycles. The van der Waals surface area contributed by atoms with E-state index >= 15 is 0 Å². The van der Waals surface area contributed by atoms with Gasteiger partial charge in [-0.2, -0.15) is 12.7 Å². The van der Waals surface area contributed by atoms with Crippen molar-refractivity contribution in [2.45, 2.75) is 61.0 Å². The van der Waals surface area contributed by atoms with Crippen LogP contribution in [0.4, 0.5) is 16.2 Å². The van der Waals surface area contributed by atoms with Crippen molar-refractivity contribution >= 4 is 37.6 Å². The molecule has 16 heteroatoms. The van der Waals surface area contributed by atoms with E-state index in [4.69, 9.17) is 29.9 Å². The van der Waals surface area contributed by atoms with Gasteiger partial charge in [-0.15, -0.1) is 0 Å². The van der Waals surface area contributed by atoms with Crippen LogP contribution in [0, 0.1) is 11.8 Å². The number of aliphatic hydroxyl groups excluding tert-OH is 1. The number of alkyl carbamates (subject to hydrolysis) is 1. The Morgan fingerprint density at radius 2 is 1.53 bits per heavy atom. The molecule has 2 saturated heterocycles. The molecule has 0 spiro atoms. The highest BCUT2D eigenvalue weighted by Gasteiger charge is 2.44. The van der Waals surface area contributed by atoms with Crippen LogP contribution in [0.15, 0.2) is 82.6 Å². The summed E-state index contributed by atoms with van der Waals surface area (Å²) in [5.41, 5.74) is 12.8. The van der Waals surface area contributed by atoms with Crippen molar-refractivity contribution in [3.8, 4) is 5.75 Å². The lowest BCUT2D eigenvalue weighted by molar-refractivity contribution is -0.0907. The second-order valence-corrected chi connectivity index (χ2v) is 16.0. The predicted molar refractivity (Wildman–Crippen MR) is 180 cm³/mol. The van der Waals surface area contributed by atoms with Gasteiger partial charge in [0.1, 0.15) is 16.7 Å². The molecular formula is C33H42N4O10S2. The van der Waals surface area contributed by atoms with E-state index in [0.717, 1.165) is 0 Å². The monoisotopic (exact) mass is 718 g/mol. The summed E-state index contributed by atoms with van der Waals surface area (Å²) in [7, 11) is -8.19. The summed E-state index contributed by atoms with van der Waals surface area (Å²) < 4.78 is 76.1. The smallest absolute Gasteiger partial charge is 0.407 e. The van der Waals surface area contributed by atoms with Crippen molar-refractivity contribution in [1.82, 2.24) is 9.62 Å². The molecule has 1 amide bonds. The number of benzene rings is 3. The van der Waals surface area contributed by atoms with Gasteiger partial charge in [0.2, 0.25) is 10.0 Å². The fourth-order valence-corrected chi connectivity index (χ4v) is 8.25. The average molecular weight is 719 g/mol. The first-order valence-corrected chi connectivity index (χ1v) is 18.7. The van der Waals surface area contributed by atoms with Crippen LogP contribution in [0.1, 0.15) is 25.8 Å². The number of nitrogen functional groups attached to an aromatic ring is 2. The molecule has 5 unspecified atom stereocenters. The highest BCUT2D eigenvalue weighted by molar-refractivity contribution is 7.89. The Morgan fingerprint density at radius 3 is 2.14 bits per heavy atom. The van der Waals surface area contributed by atoms with E-state index in [1.54, 1.807) is 12.1 Å². The van der Waals surface area contributed by atoms with Gasteiger partial charge in [-0.25, -0.2) is 13.2 Å². The SMILES string of the molecule is CC(C)CN(CC(O)C(Cc1ccc(OS(=O)(=O)c2ccc(N)cc2)cc1)NC(=O)OC1COC2OCCC12)S(=O)(=O)c1ccc(N)cc1. The van der Waals surface area contributed by atoms with Crippen LogP contribution in [0.3, 0.4) is 0 Å². The van der Waals surface area contributed by atoms with Gasteiger partial charge in [0.25, 0.3) is 0 Å². The van der Waals surface area contributed by atoms with Crippen LogP contribution in [-0.4, -0.2) is 83.2 Å². The number of sulfonamides is 1. The number of nitrogens with zero attached hydrogens (tertiary/aromatic N) is 1. The number of amides is 1. The minimum absolute atomic E-state index is 0.0116. The van der Waals surface area contributed by atoms with Gasteiger partial charge in [0.05, 0.1) is 36.2 Å². The Hall–Kier alpha value is -3.93.